The molecular weight excluding hydrogens is 208 g/mol. The second-order valence-corrected chi connectivity index (χ2v) is 7.47. The summed E-state index contributed by atoms with van der Waals surface area (Å²) >= 11 is 0. The normalized spacial score (nSPS) is 30.0. The van der Waals surface area contributed by atoms with Crippen LogP contribution in [0.4, 0.5) is 0 Å². The van der Waals surface area contributed by atoms with Gasteiger partial charge in [-0.3, -0.25) is 0 Å². The van der Waals surface area contributed by atoms with Gasteiger partial charge in [-0.15, -0.1) is 0 Å². The van der Waals surface area contributed by atoms with E-state index in [1.165, 1.54) is 51.7 Å². The van der Waals surface area contributed by atoms with E-state index in [-0.39, 0.29) is 0 Å². The van der Waals surface area contributed by atoms with Gasteiger partial charge >= 0.3 is 0 Å². The van der Waals surface area contributed by atoms with E-state index in [0.717, 1.165) is 12.5 Å². The zero-order valence-electron chi connectivity index (χ0n) is 12.0. The summed E-state index contributed by atoms with van der Waals surface area (Å²) in [6, 6.07) is 0. The Morgan fingerprint density at radius 2 is 1.88 bits per heavy atom. The van der Waals surface area contributed by atoms with E-state index in [2.05, 4.69) is 25.7 Å². The number of likely N-dealkylation sites (tertiary alicyclic amines) is 1. The largest absolute Gasteiger partial charge is 0.330 e. The standard InChI is InChI=1S/C15H30N2/c1-14(2,3)13-5-4-9-17(10-6-13)12-15(11-16)7-8-15/h13H,4-12,16H2,1-3H3. The first-order valence-electron chi connectivity index (χ1n) is 7.38. The lowest BCUT2D eigenvalue weighted by Crippen LogP contribution is -2.35. The molecule has 1 aliphatic heterocycles. The third kappa shape index (κ3) is 3.45. The van der Waals surface area contributed by atoms with Gasteiger partial charge in [0.15, 0.2) is 0 Å². The van der Waals surface area contributed by atoms with Crippen LogP contribution in [0, 0.1) is 16.7 Å². The van der Waals surface area contributed by atoms with Gasteiger partial charge in [0.1, 0.15) is 0 Å². The van der Waals surface area contributed by atoms with Crippen molar-refractivity contribution in [3.05, 3.63) is 0 Å². The van der Waals surface area contributed by atoms with Crippen molar-refractivity contribution in [3.63, 3.8) is 0 Å². The fourth-order valence-electron chi connectivity index (χ4n) is 3.26. The fraction of sp³-hybridized carbons (Fsp3) is 1.00. The van der Waals surface area contributed by atoms with Crippen molar-refractivity contribution in [2.45, 2.75) is 52.9 Å². The van der Waals surface area contributed by atoms with E-state index in [9.17, 15) is 0 Å². The van der Waals surface area contributed by atoms with Gasteiger partial charge < -0.3 is 10.6 Å². The summed E-state index contributed by atoms with van der Waals surface area (Å²) in [4.78, 5) is 2.69. The Labute approximate surface area is 107 Å². The Hall–Kier alpha value is -0.0800. The summed E-state index contributed by atoms with van der Waals surface area (Å²) in [5.74, 6) is 0.903. The van der Waals surface area contributed by atoms with Crippen molar-refractivity contribution in [1.82, 2.24) is 4.90 Å². The highest BCUT2D eigenvalue weighted by Gasteiger charge is 2.42. The van der Waals surface area contributed by atoms with Gasteiger partial charge in [0.05, 0.1) is 0 Å². The van der Waals surface area contributed by atoms with Crippen LogP contribution in [0.15, 0.2) is 0 Å². The van der Waals surface area contributed by atoms with Gasteiger partial charge in [-0.05, 0) is 68.5 Å². The summed E-state index contributed by atoms with van der Waals surface area (Å²) in [6.07, 6.45) is 6.90. The summed E-state index contributed by atoms with van der Waals surface area (Å²) in [5.41, 5.74) is 6.90. The fourth-order valence-corrected chi connectivity index (χ4v) is 3.26. The van der Waals surface area contributed by atoms with E-state index in [1.807, 2.05) is 0 Å². The quantitative estimate of drug-likeness (QED) is 0.819. The van der Waals surface area contributed by atoms with Crippen LogP contribution < -0.4 is 5.73 Å². The van der Waals surface area contributed by atoms with Crippen LogP contribution >= 0.6 is 0 Å². The zero-order valence-corrected chi connectivity index (χ0v) is 12.0. The highest BCUT2D eigenvalue weighted by molar-refractivity contribution is 4.96. The van der Waals surface area contributed by atoms with Gasteiger partial charge in [-0.25, -0.2) is 0 Å². The Balaban J connectivity index is 1.84. The maximum atomic E-state index is 5.89. The third-order valence-corrected chi connectivity index (χ3v) is 4.99. The summed E-state index contributed by atoms with van der Waals surface area (Å²) in [6.45, 7) is 11.9. The molecule has 2 heteroatoms. The number of hydrogen-bond donors (Lipinski definition) is 1. The second-order valence-electron chi connectivity index (χ2n) is 7.47. The molecule has 0 radical (unpaired) electrons. The van der Waals surface area contributed by atoms with Crippen molar-refractivity contribution in [3.8, 4) is 0 Å². The Morgan fingerprint density at radius 1 is 1.18 bits per heavy atom. The van der Waals surface area contributed by atoms with Crippen LogP contribution in [-0.2, 0) is 0 Å². The highest BCUT2D eigenvalue weighted by Crippen LogP contribution is 2.45. The molecule has 2 nitrogen and oxygen atoms in total. The number of nitrogens with two attached hydrogens (primary N) is 1. The molecule has 0 spiro atoms. The molecule has 0 aromatic carbocycles. The molecule has 100 valence electrons. The molecule has 0 amide bonds. The van der Waals surface area contributed by atoms with Crippen LogP contribution in [0.3, 0.4) is 0 Å². The average molecular weight is 238 g/mol. The van der Waals surface area contributed by atoms with Gasteiger partial charge in [0.25, 0.3) is 0 Å². The predicted molar refractivity (Wildman–Crippen MR) is 74.0 cm³/mol. The lowest BCUT2D eigenvalue weighted by molar-refractivity contribution is 0.196. The molecule has 2 fully saturated rings. The van der Waals surface area contributed by atoms with E-state index < -0.39 is 0 Å². The lowest BCUT2D eigenvalue weighted by atomic mass is 9.77. The molecule has 1 heterocycles. The van der Waals surface area contributed by atoms with Gasteiger partial charge in [0, 0.05) is 6.54 Å². The number of hydrogen-bond acceptors (Lipinski definition) is 2. The third-order valence-electron chi connectivity index (χ3n) is 4.99. The topological polar surface area (TPSA) is 29.3 Å². The first kappa shape index (κ1) is 13.4. The van der Waals surface area contributed by atoms with E-state index in [1.54, 1.807) is 0 Å². The molecule has 2 rings (SSSR count). The van der Waals surface area contributed by atoms with Crippen molar-refractivity contribution < 1.29 is 0 Å². The Morgan fingerprint density at radius 3 is 2.41 bits per heavy atom. The lowest BCUT2D eigenvalue weighted by Gasteiger charge is -2.30. The minimum Gasteiger partial charge on any atom is -0.330 e. The SMILES string of the molecule is CC(C)(C)C1CCCN(CC2(CN)CC2)CC1. The number of nitrogens with zero attached hydrogens (tertiary/aromatic N) is 1. The number of rotatable bonds is 3. The molecular formula is C15H30N2. The molecule has 2 N–H and O–H groups in total. The minimum absolute atomic E-state index is 0.487. The smallest absolute Gasteiger partial charge is 0.00501 e. The zero-order chi connectivity index (χ0) is 12.5. The molecule has 1 aliphatic carbocycles. The molecule has 1 saturated heterocycles. The summed E-state index contributed by atoms with van der Waals surface area (Å²) < 4.78 is 0. The van der Waals surface area contributed by atoms with Crippen LogP contribution in [0.1, 0.15) is 52.9 Å². The van der Waals surface area contributed by atoms with Crippen LogP contribution in [0.25, 0.3) is 0 Å². The van der Waals surface area contributed by atoms with Gasteiger partial charge in [-0.2, -0.15) is 0 Å². The monoisotopic (exact) mass is 238 g/mol. The van der Waals surface area contributed by atoms with Gasteiger partial charge in [0.2, 0.25) is 0 Å². The Kier molecular flexibility index (Phi) is 3.84. The minimum atomic E-state index is 0.487. The van der Waals surface area contributed by atoms with Crippen molar-refractivity contribution >= 4 is 0 Å². The van der Waals surface area contributed by atoms with Crippen molar-refractivity contribution in [2.75, 3.05) is 26.2 Å². The first-order chi connectivity index (χ1) is 7.95. The van der Waals surface area contributed by atoms with E-state index in [0.29, 0.717) is 10.8 Å². The summed E-state index contributed by atoms with van der Waals surface area (Å²) in [5, 5.41) is 0. The van der Waals surface area contributed by atoms with E-state index in [4.69, 9.17) is 5.73 Å². The Bertz CT molecular complexity index is 250. The van der Waals surface area contributed by atoms with Crippen molar-refractivity contribution in [2.24, 2.45) is 22.5 Å². The van der Waals surface area contributed by atoms with Crippen LogP contribution in [-0.4, -0.2) is 31.1 Å². The molecule has 17 heavy (non-hydrogen) atoms. The van der Waals surface area contributed by atoms with Gasteiger partial charge in [-0.1, -0.05) is 20.8 Å². The molecule has 0 aromatic rings. The summed E-state index contributed by atoms with van der Waals surface area (Å²) in [7, 11) is 0. The maximum absolute atomic E-state index is 5.89. The van der Waals surface area contributed by atoms with Crippen LogP contribution in [0.2, 0.25) is 0 Å². The second kappa shape index (κ2) is 4.89. The van der Waals surface area contributed by atoms with Crippen molar-refractivity contribution in [1.29, 1.82) is 0 Å². The maximum Gasteiger partial charge on any atom is 0.00501 e. The highest BCUT2D eigenvalue weighted by atomic mass is 15.1. The molecule has 1 atom stereocenters. The molecule has 1 saturated carbocycles. The van der Waals surface area contributed by atoms with E-state index >= 15 is 0 Å². The average Bonchev–Trinajstić information content (AvgIpc) is 3.02. The molecule has 0 bridgehead atoms. The van der Waals surface area contributed by atoms with Crippen LogP contribution in [0.5, 0.6) is 0 Å². The molecule has 1 unspecified atom stereocenters. The molecule has 2 aliphatic rings. The predicted octanol–water partition coefficient (Wildman–Crippen LogP) is 2.87. The first-order valence-corrected chi connectivity index (χ1v) is 7.38. The molecule has 0 aromatic heterocycles.